The fraction of sp³-hybridized carbons (Fsp3) is 0.571. The van der Waals surface area contributed by atoms with Gasteiger partial charge in [-0.3, -0.25) is 0 Å². The highest BCUT2D eigenvalue weighted by atomic mass is 32.1. The quantitative estimate of drug-likeness (QED) is 0.903. The standard InChI is InChI=1S/C14H19N3S/c1-4-6-15-11-9-5-7-18-13(9)17-12(16-11)10-8-14(10,2)3/h5,7,10H,4,6,8H2,1-3H3,(H,15,16,17). The van der Waals surface area contributed by atoms with E-state index in [1.807, 2.05) is 0 Å². The van der Waals surface area contributed by atoms with Crippen molar-refractivity contribution in [3.8, 4) is 0 Å². The van der Waals surface area contributed by atoms with Gasteiger partial charge in [0.05, 0.1) is 5.39 Å². The molecule has 4 heteroatoms. The van der Waals surface area contributed by atoms with Crippen molar-refractivity contribution < 1.29 is 0 Å². The molecule has 3 nitrogen and oxygen atoms in total. The van der Waals surface area contributed by atoms with E-state index in [0.29, 0.717) is 11.3 Å². The first-order valence-corrected chi connectivity index (χ1v) is 7.49. The van der Waals surface area contributed by atoms with Gasteiger partial charge in [-0.25, -0.2) is 9.97 Å². The number of anilines is 1. The van der Waals surface area contributed by atoms with Gasteiger partial charge in [-0.2, -0.15) is 0 Å². The van der Waals surface area contributed by atoms with Gasteiger partial charge in [-0.15, -0.1) is 11.3 Å². The van der Waals surface area contributed by atoms with Gasteiger partial charge in [0.2, 0.25) is 0 Å². The molecular weight excluding hydrogens is 242 g/mol. The van der Waals surface area contributed by atoms with Gasteiger partial charge in [0.15, 0.2) is 0 Å². The first-order valence-electron chi connectivity index (χ1n) is 6.61. The summed E-state index contributed by atoms with van der Waals surface area (Å²) in [5, 5.41) is 6.69. The van der Waals surface area contributed by atoms with Gasteiger partial charge >= 0.3 is 0 Å². The lowest BCUT2D eigenvalue weighted by atomic mass is 10.1. The SMILES string of the molecule is CCCNc1nc(C2CC2(C)C)nc2sccc12. The van der Waals surface area contributed by atoms with Crippen molar-refractivity contribution >= 4 is 27.4 Å². The minimum absolute atomic E-state index is 0.382. The first kappa shape index (κ1) is 11.9. The molecule has 1 fully saturated rings. The average molecular weight is 261 g/mol. The van der Waals surface area contributed by atoms with Crippen molar-refractivity contribution in [2.45, 2.75) is 39.5 Å². The Morgan fingerprint density at radius 2 is 2.22 bits per heavy atom. The van der Waals surface area contributed by atoms with E-state index in [1.54, 1.807) is 11.3 Å². The number of nitrogens with one attached hydrogen (secondary N) is 1. The fourth-order valence-corrected chi connectivity index (χ4v) is 3.08. The van der Waals surface area contributed by atoms with E-state index in [-0.39, 0.29) is 0 Å². The van der Waals surface area contributed by atoms with Crippen LogP contribution in [-0.2, 0) is 0 Å². The molecule has 1 N–H and O–H groups in total. The van der Waals surface area contributed by atoms with Gasteiger partial charge < -0.3 is 5.32 Å². The van der Waals surface area contributed by atoms with E-state index in [0.717, 1.165) is 34.8 Å². The zero-order valence-corrected chi connectivity index (χ0v) is 12.0. The molecule has 0 bridgehead atoms. The summed E-state index contributed by atoms with van der Waals surface area (Å²) >= 11 is 1.70. The molecule has 2 heterocycles. The molecule has 2 aromatic heterocycles. The largest absolute Gasteiger partial charge is 0.369 e. The summed E-state index contributed by atoms with van der Waals surface area (Å²) in [6.45, 7) is 7.72. The molecule has 3 rings (SSSR count). The molecule has 1 saturated carbocycles. The number of nitrogens with zero attached hydrogens (tertiary/aromatic N) is 2. The predicted molar refractivity (Wildman–Crippen MR) is 77.3 cm³/mol. The van der Waals surface area contributed by atoms with Crippen LogP contribution in [-0.4, -0.2) is 16.5 Å². The van der Waals surface area contributed by atoms with Crippen molar-refractivity contribution in [2.24, 2.45) is 5.41 Å². The molecule has 0 spiro atoms. The van der Waals surface area contributed by atoms with Crippen LogP contribution in [0.1, 0.15) is 45.4 Å². The van der Waals surface area contributed by atoms with Crippen LogP contribution in [0.25, 0.3) is 10.2 Å². The Kier molecular flexibility index (Phi) is 2.77. The number of rotatable bonds is 4. The molecule has 0 aromatic carbocycles. The van der Waals surface area contributed by atoms with Gasteiger partial charge in [0, 0.05) is 12.5 Å². The Balaban J connectivity index is 2.01. The average Bonchev–Trinajstić information content (AvgIpc) is 2.77. The molecule has 0 radical (unpaired) electrons. The molecule has 18 heavy (non-hydrogen) atoms. The van der Waals surface area contributed by atoms with Crippen LogP contribution in [0, 0.1) is 5.41 Å². The summed E-state index contributed by atoms with van der Waals surface area (Å²) in [5.74, 6) is 2.57. The van der Waals surface area contributed by atoms with Crippen molar-refractivity contribution in [3.05, 3.63) is 17.3 Å². The summed E-state index contributed by atoms with van der Waals surface area (Å²) in [6.07, 6.45) is 2.32. The summed E-state index contributed by atoms with van der Waals surface area (Å²) in [5.41, 5.74) is 0.382. The predicted octanol–water partition coefficient (Wildman–Crippen LogP) is 4.03. The maximum Gasteiger partial charge on any atom is 0.138 e. The van der Waals surface area contributed by atoms with E-state index in [4.69, 9.17) is 9.97 Å². The van der Waals surface area contributed by atoms with Gasteiger partial charge in [0.1, 0.15) is 16.5 Å². The van der Waals surface area contributed by atoms with Crippen molar-refractivity contribution in [1.29, 1.82) is 0 Å². The third kappa shape index (κ3) is 1.99. The van der Waals surface area contributed by atoms with E-state index >= 15 is 0 Å². The number of aromatic nitrogens is 2. The zero-order chi connectivity index (χ0) is 12.8. The number of hydrogen-bond acceptors (Lipinski definition) is 4. The molecular formula is C14H19N3S. The summed E-state index contributed by atoms with van der Waals surface area (Å²) < 4.78 is 0. The van der Waals surface area contributed by atoms with Crippen LogP contribution in [0.3, 0.4) is 0 Å². The highest BCUT2D eigenvalue weighted by Gasteiger charge is 2.48. The van der Waals surface area contributed by atoms with Crippen LogP contribution in [0.2, 0.25) is 0 Å². The molecule has 2 aromatic rings. The van der Waals surface area contributed by atoms with E-state index < -0.39 is 0 Å². The normalized spacial score (nSPS) is 21.2. The minimum Gasteiger partial charge on any atom is -0.369 e. The van der Waals surface area contributed by atoms with Crippen LogP contribution in [0.5, 0.6) is 0 Å². The maximum atomic E-state index is 4.75. The second-order valence-electron chi connectivity index (χ2n) is 5.74. The van der Waals surface area contributed by atoms with Gasteiger partial charge in [0.25, 0.3) is 0 Å². The molecule has 1 aliphatic carbocycles. The molecule has 0 aliphatic heterocycles. The maximum absolute atomic E-state index is 4.75. The van der Waals surface area contributed by atoms with Crippen molar-refractivity contribution in [2.75, 3.05) is 11.9 Å². The Bertz CT molecular complexity index is 573. The Morgan fingerprint density at radius 1 is 1.44 bits per heavy atom. The zero-order valence-electron chi connectivity index (χ0n) is 11.2. The van der Waals surface area contributed by atoms with E-state index in [9.17, 15) is 0 Å². The number of thiophene rings is 1. The molecule has 0 saturated heterocycles. The Morgan fingerprint density at radius 3 is 2.89 bits per heavy atom. The summed E-state index contributed by atoms with van der Waals surface area (Å²) in [6, 6.07) is 2.11. The van der Waals surface area contributed by atoms with Crippen molar-refractivity contribution in [3.63, 3.8) is 0 Å². The van der Waals surface area contributed by atoms with Crippen molar-refractivity contribution in [1.82, 2.24) is 9.97 Å². The lowest BCUT2D eigenvalue weighted by Gasteiger charge is -2.08. The Labute approximate surface area is 112 Å². The topological polar surface area (TPSA) is 37.8 Å². The van der Waals surface area contributed by atoms with Crippen LogP contribution >= 0.6 is 11.3 Å². The van der Waals surface area contributed by atoms with Gasteiger partial charge in [-0.05, 0) is 29.7 Å². The number of fused-ring (bicyclic) bond motifs is 1. The summed E-state index contributed by atoms with van der Waals surface area (Å²) in [4.78, 5) is 10.6. The smallest absolute Gasteiger partial charge is 0.138 e. The van der Waals surface area contributed by atoms with Crippen LogP contribution in [0.15, 0.2) is 11.4 Å². The number of hydrogen-bond donors (Lipinski definition) is 1. The highest BCUT2D eigenvalue weighted by molar-refractivity contribution is 7.16. The third-order valence-electron chi connectivity index (χ3n) is 3.71. The minimum atomic E-state index is 0.382. The molecule has 0 amide bonds. The highest BCUT2D eigenvalue weighted by Crippen LogP contribution is 2.57. The summed E-state index contributed by atoms with van der Waals surface area (Å²) in [7, 11) is 0. The van der Waals surface area contributed by atoms with Crippen LogP contribution in [0.4, 0.5) is 5.82 Å². The third-order valence-corrected chi connectivity index (χ3v) is 4.52. The van der Waals surface area contributed by atoms with Gasteiger partial charge in [-0.1, -0.05) is 20.8 Å². The first-order chi connectivity index (χ1) is 8.62. The lowest BCUT2D eigenvalue weighted by Crippen LogP contribution is -2.06. The lowest BCUT2D eigenvalue weighted by molar-refractivity contribution is 0.610. The molecule has 1 aliphatic rings. The Hall–Kier alpha value is -1.16. The van der Waals surface area contributed by atoms with Crippen LogP contribution < -0.4 is 5.32 Å². The van der Waals surface area contributed by atoms with E-state index in [2.05, 4.69) is 37.5 Å². The van der Waals surface area contributed by atoms with E-state index in [1.165, 1.54) is 6.42 Å². The molecule has 1 unspecified atom stereocenters. The fourth-order valence-electron chi connectivity index (χ4n) is 2.31. The second kappa shape index (κ2) is 4.19. The molecule has 96 valence electrons. The monoisotopic (exact) mass is 261 g/mol. The molecule has 1 atom stereocenters. The second-order valence-corrected chi connectivity index (χ2v) is 6.64.